The van der Waals surface area contributed by atoms with Gasteiger partial charge in [-0.15, -0.1) is 0 Å². The molecule has 0 saturated carbocycles. The van der Waals surface area contributed by atoms with E-state index >= 15 is 0 Å². The van der Waals surface area contributed by atoms with Gasteiger partial charge in [0, 0.05) is 7.11 Å². The van der Waals surface area contributed by atoms with Crippen molar-refractivity contribution in [2.45, 2.75) is 33.1 Å². The van der Waals surface area contributed by atoms with Crippen LogP contribution in [0.4, 0.5) is 0 Å². The maximum absolute atomic E-state index is 5.65. The summed E-state index contributed by atoms with van der Waals surface area (Å²) in [7, 11) is 1.67. The Hall–Kier alpha value is -0.580. The fraction of sp³-hybridized carbons (Fsp3) is 0.625. The summed E-state index contributed by atoms with van der Waals surface area (Å²) < 4.78 is 11.6. The van der Waals surface area contributed by atoms with Crippen LogP contribution in [0.5, 0.6) is 5.75 Å². The SMILES string of the molecule is COCCOc1ccc(CCC(C)(C)CCN)cc1Br. The minimum atomic E-state index is 0.300. The van der Waals surface area contributed by atoms with E-state index in [0.29, 0.717) is 18.6 Å². The Labute approximate surface area is 131 Å². The molecule has 2 N–H and O–H groups in total. The van der Waals surface area contributed by atoms with Crippen LogP contribution in [0.25, 0.3) is 0 Å². The number of nitrogens with two attached hydrogens (primary N) is 1. The molecule has 0 unspecified atom stereocenters. The zero-order chi connectivity index (χ0) is 15.0. The first-order valence-electron chi connectivity index (χ1n) is 7.09. The zero-order valence-electron chi connectivity index (χ0n) is 12.7. The van der Waals surface area contributed by atoms with Gasteiger partial charge in [-0.05, 0) is 64.8 Å². The number of benzene rings is 1. The van der Waals surface area contributed by atoms with Crippen molar-refractivity contribution in [3.8, 4) is 5.75 Å². The van der Waals surface area contributed by atoms with Crippen LogP contribution in [-0.2, 0) is 11.2 Å². The van der Waals surface area contributed by atoms with Gasteiger partial charge in [-0.25, -0.2) is 0 Å². The lowest BCUT2D eigenvalue weighted by atomic mass is 9.83. The van der Waals surface area contributed by atoms with Crippen LogP contribution in [-0.4, -0.2) is 26.9 Å². The molecule has 3 nitrogen and oxygen atoms in total. The Bertz CT molecular complexity index is 407. The molecule has 0 aromatic heterocycles. The van der Waals surface area contributed by atoms with Crippen molar-refractivity contribution < 1.29 is 9.47 Å². The second-order valence-electron chi connectivity index (χ2n) is 5.81. The quantitative estimate of drug-likeness (QED) is 0.694. The summed E-state index contributed by atoms with van der Waals surface area (Å²) in [5.74, 6) is 0.868. The summed E-state index contributed by atoms with van der Waals surface area (Å²) in [6.45, 7) is 6.47. The molecule has 0 saturated heterocycles. The molecule has 0 aliphatic heterocycles. The van der Waals surface area contributed by atoms with Crippen LogP contribution >= 0.6 is 15.9 Å². The average molecular weight is 344 g/mol. The van der Waals surface area contributed by atoms with Gasteiger partial charge in [0.1, 0.15) is 12.4 Å². The molecule has 0 radical (unpaired) electrons. The summed E-state index contributed by atoms with van der Waals surface area (Å²) in [4.78, 5) is 0. The molecular formula is C16H26BrNO2. The number of hydrogen-bond acceptors (Lipinski definition) is 3. The molecular weight excluding hydrogens is 318 g/mol. The highest BCUT2D eigenvalue weighted by molar-refractivity contribution is 9.10. The van der Waals surface area contributed by atoms with E-state index in [1.165, 1.54) is 5.56 Å². The lowest BCUT2D eigenvalue weighted by Gasteiger charge is -2.23. The third-order valence-electron chi connectivity index (χ3n) is 3.45. The van der Waals surface area contributed by atoms with Crippen molar-refractivity contribution in [3.05, 3.63) is 28.2 Å². The number of rotatable bonds is 9. The van der Waals surface area contributed by atoms with E-state index in [0.717, 1.165) is 36.0 Å². The third kappa shape index (κ3) is 6.25. The molecule has 0 aliphatic carbocycles. The number of methoxy groups -OCH3 is 1. The number of aryl methyl sites for hydroxylation is 1. The summed E-state index contributed by atoms with van der Waals surface area (Å²) in [5.41, 5.74) is 7.27. The van der Waals surface area contributed by atoms with Gasteiger partial charge in [-0.3, -0.25) is 0 Å². The van der Waals surface area contributed by atoms with Crippen molar-refractivity contribution >= 4 is 15.9 Å². The topological polar surface area (TPSA) is 44.5 Å². The normalized spacial score (nSPS) is 11.7. The molecule has 1 rings (SSSR count). The van der Waals surface area contributed by atoms with Crippen LogP contribution in [0.15, 0.2) is 22.7 Å². The number of hydrogen-bond donors (Lipinski definition) is 1. The van der Waals surface area contributed by atoms with Gasteiger partial charge < -0.3 is 15.2 Å². The van der Waals surface area contributed by atoms with Gasteiger partial charge in [0.2, 0.25) is 0 Å². The van der Waals surface area contributed by atoms with E-state index in [-0.39, 0.29) is 0 Å². The first kappa shape index (κ1) is 17.5. The fourth-order valence-corrected chi connectivity index (χ4v) is 2.59. The van der Waals surface area contributed by atoms with Crippen molar-refractivity contribution in [1.82, 2.24) is 0 Å². The van der Waals surface area contributed by atoms with Crippen molar-refractivity contribution in [2.24, 2.45) is 11.1 Å². The maximum atomic E-state index is 5.65. The molecule has 20 heavy (non-hydrogen) atoms. The van der Waals surface area contributed by atoms with Crippen LogP contribution < -0.4 is 10.5 Å². The molecule has 0 heterocycles. The van der Waals surface area contributed by atoms with E-state index < -0.39 is 0 Å². The molecule has 0 atom stereocenters. The summed E-state index contributed by atoms with van der Waals surface area (Å²) >= 11 is 3.56. The van der Waals surface area contributed by atoms with E-state index in [2.05, 4.69) is 41.9 Å². The van der Waals surface area contributed by atoms with Crippen LogP contribution in [0.2, 0.25) is 0 Å². The summed E-state index contributed by atoms with van der Waals surface area (Å²) in [6, 6.07) is 6.29. The molecule has 0 aliphatic rings. The molecule has 0 bridgehead atoms. The van der Waals surface area contributed by atoms with Crippen LogP contribution in [0.1, 0.15) is 32.3 Å². The Morgan fingerprint density at radius 3 is 2.55 bits per heavy atom. The Kier molecular flexibility index (Phi) is 7.56. The van der Waals surface area contributed by atoms with E-state index in [4.69, 9.17) is 15.2 Å². The van der Waals surface area contributed by atoms with Gasteiger partial charge in [0.05, 0.1) is 11.1 Å². The Morgan fingerprint density at radius 2 is 1.95 bits per heavy atom. The highest BCUT2D eigenvalue weighted by Crippen LogP contribution is 2.30. The third-order valence-corrected chi connectivity index (χ3v) is 4.07. The van der Waals surface area contributed by atoms with Gasteiger partial charge in [0.25, 0.3) is 0 Å². The lowest BCUT2D eigenvalue weighted by molar-refractivity contribution is 0.146. The highest BCUT2D eigenvalue weighted by atomic mass is 79.9. The number of ether oxygens (including phenoxy) is 2. The first-order valence-corrected chi connectivity index (χ1v) is 7.88. The minimum Gasteiger partial charge on any atom is -0.490 e. The van der Waals surface area contributed by atoms with Crippen LogP contribution in [0, 0.1) is 5.41 Å². The minimum absolute atomic E-state index is 0.300. The molecule has 0 amide bonds. The monoisotopic (exact) mass is 343 g/mol. The zero-order valence-corrected chi connectivity index (χ0v) is 14.3. The van der Waals surface area contributed by atoms with Crippen molar-refractivity contribution in [3.63, 3.8) is 0 Å². The first-order chi connectivity index (χ1) is 9.48. The lowest BCUT2D eigenvalue weighted by Crippen LogP contribution is -2.17. The van der Waals surface area contributed by atoms with Gasteiger partial charge in [-0.2, -0.15) is 0 Å². The molecule has 4 heteroatoms. The smallest absolute Gasteiger partial charge is 0.133 e. The van der Waals surface area contributed by atoms with Crippen molar-refractivity contribution in [2.75, 3.05) is 26.9 Å². The molecule has 1 aromatic rings. The average Bonchev–Trinajstić information content (AvgIpc) is 2.39. The standard InChI is InChI=1S/C16H26BrNO2/c1-16(2,8-9-18)7-6-13-4-5-15(14(17)12-13)20-11-10-19-3/h4-5,12H,6-11,18H2,1-3H3. The van der Waals surface area contributed by atoms with Crippen molar-refractivity contribution in [1.29, 1.82) is 0 Å². The fourth-order valence-electron chi connectivity index (χ4n) is 2.05. The van der Waals surface area contributed by atoms with E-state index in [1.807, 2.05) is 6.07 Å². The molecule has 0 fully saturated rings. The second-order valence-corrected chi connectivity index (χ2v) is 6.66. The van der Waals surface area contributed by atoms with Crippen LogP contribution in [0.3, 0.4) is 0 Å². The largest absolute Gasteiger partial charge is 0.490 e. The van der Waals surface area contributed by atoms with E-state index in [9.17, 15) is 0 Å². The Balaban J connectivity index is 2.54. The van der Waals surface area contributed by atoms with Gasteiger partial charge in [0.15, 0.2) is 0 Å². The molecule has 114 valence electrons. The highest BCUT2D eigenvalue weighted by Gasteiger charge is 2.16. The van der Waals surface area contributed by atoms with Gasteiger partial charge in [-0.1, -0.05) is 19.9 Å². The maximum Gasteiger partial charge on any atom is 0.133 e. The van der Waals surface area contributed by atoms with Gasteiger partial charge >= 0.3 is 0 Å². The molecule has 1 aromatic carbocycles. The second kappa shape index (κ2) is 8.65. The summed E-state index contributed by atoms with van der Waals surface area (Å²) in [5, 5.41) is 0. The summed E-state index contributed by atoms with van der Waals surface area (Å²) in [6.07, 6.45) is 3.26. The number of halogens is 1. The Morgan fingerprint density at radius 1 is 1.20 bits per heavy atom. The van der Waals surface area contributed by atoms with E-state index in [1.54, 1.807) is 7.11 Å². The predicted molar refractivity (Wildman–Crippen MR) is 87.3 cm³/mol. The predicted octanol–water partition coefficient (Wildman–Crippen LogP) is 3.78. The molecule has 0 spiro atoms.